The predicted octanol–water partition coefficient (Wildman–Crippen LogP) is 7.15. The standard InChI is InChI=1S/C32H53NO5/c1-13-14-15-21(27(35)36)28(37)38-19-20-18-23(29(2,3)4)26(34)25(30(5,6)7)24(20)22-16-17-33(12)32(10,11)31(22,8)9/h18,21-22,34H,13-17,19H2,1-12H3,(H,35,36). The Kier molecular flexibility index (Phi) is 9.46. The molecule has 2 unspecified atom stereocenters. The minimum Gasteiger partial charge on any atom is -0.507 e. The first kappa shape index (κ1) is 32.1. The number of carbonyl (C=O) groups excluding carboxylic acids is 1. The summed E-state index contributed by atoms with van der Waals surface area (Å²) in [5.41, 5.74) is 2.62. The highest BCUT2D eigenvalue weighted by atomic mass is 16.5. The summed E-state index contributed by atoms with van der Waals surface area (Å²) in [5.74, 6) is -2.58. The number of piperidine rings is 1. The molecule has 2 rings (SSSR count). The van der Waals surface area contributed by atoms with Crippen LogP contribution in [0.3, 0.4) is 0 Å². The van der Waals surface area contributed by atoms with E-state index in [-0.39, 0.29) is 40.7 Å². The Balaban J connectivity index is 2.78. The number of carbonyl (C=O) groups is 2. The number of aromatic hydroxyl groups is 1. The second-order valence-corrected chi connectivity index (χ2v) is 14.4. The summed E-state index contributed by atoms with van der Waals surface area (Å²) in [6.07, 6.45) is 2.63. The van der Waals surface area contributed by atoms with Gasteiger partial charge in [0, 0.05) is 11.1 Å². The zero-order valence-corrected chi connectivity index (χ0v) is 26.0. The van der Waals surface area contributed by atoms with E-state index in [1.54, 1.807) is 0 Å². The number of rotatable bonds is 8. The molecule has 1 aliphatic heterocycles. The topological polar surface area (TPSA) is 87.1 Å². The van der Waals surface area contributed by atoms with Gasteiger partial charge in [-0.25, -0.2) is 0 Å². The lowest BCUT2D eigenvalue weighted by Crippen LogP contribution is -2.59. The monoisotopic (exact) mass is 531 g/mol. The number of phenolic OH excluding ortho intramolecular Hbond substituents is 1. The highest BCUT2D eigenvalue weighted by Crippen LogP contribution is 2.56. The minimum atomic E-state index is -1.17. The van der Waals surface area contributed by atoms with E-state index in [0.29, 0.717) is 12.2 Å². The molecule has 0 spiro atoms. The van der Waals surface area contributed by atoms with Gasteiger partial charge in [-0.2, -0.15) is 0 Å². The van der Waals surface area contributed by atoms with Gasteiger partial charge in [-0.3, -0.25) is 9.59 Å². The van der Waals surface area contributed by atoms with Gasteiger partial charge in [0.1, 0.15) is 12.4 Å². The van der Waals surface area contributed by atoms with Crippen LogP contribution < -0.4 is 0 Å². The Morgan fingerprint density at radius 2 is 1.68 bits per heavy atom. The van der Waals surface area contributed by atoms with Crippen molar-refractivity contribution in [3.8, 4) is 5.75 Å². The Morgan fingerprint density at radius 1 is 1.11 bits per heavy atom. The maximum atomic E-state index is 13.0. The van der Waals surface area contributed by atoms with Crippen molar-refractivity contribution in [1.29, 1.82) is 0 Å². The fourth-order valence-electron chi connectivity index (χ4n) is 5.98. The number of carboxylic acid groups (broad SMARTS) is 1. The first-order valence-corrected chi connectivity index (χ1v) is 14.2. The average Bonchev–Trinajstić information content (AvgIpc) is 2.75. The Labute approximate surface area is 231 Å². The average molecular weight is 532 g/mol. The summed E-state index contributed by atoms with van der Waals surface area (Å²) >= 11 is 0. The molecule has 216 valence electrons. The molecule has 2 atom stereocenters. The van der Waals surface area contributed by atoms with Crippen LogP contribution in [0.1, 0.15) is 130 Å². The first-order chi connectivity index (χ1) is 17.2. The van der Waals surface area contributed by atoms with Crippen molar-refractivity contribution in [2.75, 3.05) is 13.6 Å². The van der Waals surface area contributed by atoms with E-state index in [4.69, 9.17) is 4.74 Å². The molecule has 0 amide bonds. The smallest absolute Gasteiger partial charge is 0.320 e. The Bertz CT molecular complexity index is 1030. The lowest BCUT2D eigenvalue weighted by atomic mass is 9.57. The molecule has 1 heterocycles. The van der Waals surface area contributed by atoms with Gasteiger partial charge in [0.15, 0.2) is 5.92 Å². The third-order valence-corrected chi connectivity index (χ3v) is 9.29. The number of aliphatic carboxylic acids is 1. The van der Waals surface area contributed by atoms with Crippen molar-refractivity contribution in [3.05, 3.63) is 28.3 Å². The van der Waals surface area contributed by atoms with Gasteiger partial charge in [0.05, 0.1) is 0 Å². The number of benzene rings is 1. The van der Waals surface area contributed by atoms with Crippen LogP contribution in [0.4, 0.5) is 0 Å². The van der Waals surface area contributed by atoms with Crippen molar-refractivity contribution >= 4 is 11.9 Å². The third-order valence-electron chi connectivity index (χ3n) is 9.29. The molecular formula is C32H53NO5. The molecule has 38 heavy (non-hydrogen) atoms. The Morgan fingerprint density at radius 3 is 2.16 bits per heavy atom. The molecule has 0 aromatic heterocycles. The van der Waals surface area contributed by atoms with Crippen molar-refractivity contribution < 1.29 is 24.5 Å². The second kappa shape index (κ2) is 11.2. The van der Waals surface area contributed by atoms with Crippen LogP contribution in [0.5, 0.6) is 5.75 Å². The van der Waals surface area contributed by atoms with Crippen LogP contribution in [0.15, 0.2) is 6.07 Å². The maximum Gasteiger partial charge on any atom is 0.320 e. The molecule has 1 fully saturated rings. The number of esters is 1. The van der Waals surface area contributed by atoms with Crippen LogP contribution in [-0.2, 0) is 31.8 Å². The van der Waals surface area contributed by atoms with E-state index in [1.807, 2.05) is 13.0 Å². The molecule has 0 aliphatic carbocycles. The normalized spacial score (nSPS) is 20.7. The summed E-state index contributed by atoms with van der Waals surface area (Å²) < 4.78 is 5.78. The van der Waals surface area contributed by atoms with E-state index < -0.39 is 17.9 Å². The van der Waals surface area contributed by atoms with Crippen molar-refractivity contribution in [2.24, 2.45) is 11.3 Å². The summed E-state index contributed by atoms with van der Waals surface area (Å²) in [5, 5.41) is 21.5. The van der Waals surface area contributed by atoms with Gasteiger partial charge >= 0.3 is 11.9 Å². The fraction of sp³-hybridized carbons (Fsp3) is 0.750. The van der Waals surface area contributed by atoms with E-state index in [0.717, 1.165) is 41.6 Å². The van der Waals surface area contributed by atoms with Crippen LogP contribution in [0.2, 0.25) is 0 Å². The van der Waals surface area contributed by atoms with Crippen LogP contribution in [0.25, 0.3) is 0 Å². The SMILES string of the molecule is CCCCC(C(=O)O)C(=O)OCc1cc(C(C)(C)C)c(O)c(C(C)(C)C)c1C1CCN(C)C(C)(C)C1(C)C. The number of ether oxygens (including phenoxy) is 1. The number of hydrogen-bond acceptors (Lipinski definition) is 5. The highest BCUT2D eigenvalue weighted by Gasteiger charge is 2.51. The number of hydrogen-bond donors (Lipinski definition) is 2. The molecule has 0 bridgehead atoms. The molecular weight excluding hydrogens is 478 g/mol. The number of likely N-dealkylation sites (tertiary alicyclic amines) is 1. The first-order valence-electron chi connectivity index (χ1n) is 14.2. The highest BCUT2D eigenvalue weighted by molar-refractivity contribution is 5.93. The number of unbranched alkanes of at least 4 members (excludes halogenated alkanes) is 1. The van der Waals surface area contributed by atoms with E-state index in [2.05, 4.69) is 81.2 Å². The van der Waals surface area contributed by atoms with Crippen molar-refractivity contribution in [1.82, 2.24) is 4.90 Å². The number of phenols is 1. The van der Waals surface area contributed by atoms with Crippen LogP contribution in [0, 0.1) is 11.3 Å². The van der Waals surface area contributed by atoms with Crippen LogP contribution >= 0.6 is 0 Å². The fourth-order valence-corrected chi connectivity index (χ4v) is 5.98. The van der Waals surface area contributed by atoms with Crippen molar-refractivity contribution in [2.45, 2.75) is 131 Å². The molecule has 6 heteroatoms. The van der Waals surface area contributed by atoms with Gasteiger partial charge < -0.3 is 19.8 Å². The largest absolute Gasteiger partial charge is 0.507 e. The quantitative estimate of drug-likeness (QED) is 0.274. The summed E-state index contributed by atoms with van der Waals surface area (Å²) in [7, 11) is 2.16. The molecule has 2 N–H and O–H groups in total. The molecule has 1 saturated heterocycles. The Hall–Kier alpha value is -2.08. The lowest BCUT2D eigenvalue weighted by molar-refractivity contribution is -0.160. The molecule has 0 radical (unpaired) electrons. The van der Waals surface area contributed by atoms with Gasteiger partial charge in [-0.1, -0.05) is 75.2 Å². The second-order valence-electron chi connectivity index (χ2n) is 14.4. The van der Waals surface area contributed by atoms with Gasteiger partial charge in [0.2, 0.25) is 0 Å². The lowest BCUT2D eigenvalue weighted by Gasteiger charge is -2.57. The van der Waals surface area contributed by atoms with E-state index in [9.17, 15) is 19.8 Å². The van der Waals surface area contributed by atoms with Gasteiger partial charge in [-0.15, -0.1) is 0 Å². The molecule has 0 saturated carbocycles. The predicted molar refractivity (Wildman–Crippen MR) is 154 cm³/mol. The zero-order valence-electron chi connectivity index (χ0n) is 26.0. The van der Waals surface area contributed by atoms with Crippen LogP contribution in [-0.4, -0.2) is 46.2 Å². The third kappa shape index (κ3) is 6.21. The summed E-state index contributed by atoms with van der Waals surface area (Å²) in [4.78, 5) is 27.2. The van der Waals surface area contributed by atoms with Gasteiger partial charge in [0.25, 0.3) is 0 Å². The summed E-state index contributed by atoms with van der Waals surface area (Å²) in [6, 6.07) is 2.00. The zero-order chi connectivity index (χ0) is 29.4. The van der Waals surface area contributed by atoms with Crippen molar-refractivity contribution in [3.63, 3.8) is 0 Å². The van der Waals surface area contributed by atoms with E-state index in [1.165, 1.54) is 0 Å². The molecule has 1 aromatic rings. The molecule has 6 nitrogen and oxygen atoms in total. The summed E-state index contributed by atoms with van der Waals surface area (Å²) in [6.45, 7) is 24.5. The molecule has 1 aliphatic rings. The number of carboxylic acids is 1. The van der Waals surface area contributed by atoms with Gasteiger partial charge in [-0.05, 0) is 85.2 Å². The van der Waals surface area contributed by atoms with E-state index >= 15 is 0 Å². The minimum absolute atomic E-state index is 0.0145. The maximum absolute atomic E-state index is 13.0. The number of nitrogens with zero attached hydrogens (tertiary/aromatic N) is 1. The molecule has 1 aromatic carbocycles.